The molecule has 0 aromatic heterocycles. The minimum absolute atomic E-state index is 0.121. The number of nitrogens with one attached hydrogen (secondary N) is 1. The zero-order valence-corrected chi connectivity index (χ0v) is 10.9. The van der Waals surface area contributed by atoms with Crippen molar-refractivity contribution in [3.05, 3.63) is 0 Å². The van der Waals surface area contributed by atoms with Crippen LogP contribution < -0.4 is 11.3 Å². The van der Waals surface area contributed by atoms with Crippen molar-refractivity contribution in [3.63, 3.8) is 0 Å². The lowest BCUT2D eigenvalue weighted by Crippen LogP contribution is -2.57. The van der Waals surface area contributed by atoms with Crippen molar-refractivity contribution in [1.82, 2.24) is 10.3 Å². The fourth-order valence-electron chi connectivity index (χ4n) is 2.44. The number of nitrogens with two attached hydrogens (primary N) is 1. The number of carbonyl (C=O) groups is 1. The summed E-state index contributed by atoms with van der Waals surface area (Å²) < 4.78 is 0. The number of nitrogens with zero attached hydrogens (tertiary/aromatic N) is 1. The van der Waals surface area contributed by atoms with E-state index >= 15 is 0 Å². The molecule has 1 aliphatic rings. The first-order valence-corrected chi connectivity index (χ1v) is 6.48. The van der Waals surface area contributed by atoms with Crippen molar-refractivity contribution < 1.29 is 9.90 Å². The number of hydrogen-bond acceptors (Lipinski definition) is 4. The van der Waals surface area contributed by atoms with Gasteiger partial charge in [-0.25, -0.2) is 5.84 Å². The monoisotopic (exact) mass is 243 g/mol. The number of carbonyl (C=O) groups excluding carboxylic acids is 1. The van der Waals surface area contributed by atoms with Crippen LogP contribution in [-0.2, 0) is 4.79 Å². The van der Waals surface area contributed by atoms with E-state index in [1.54, 1.807) is 0 Å². The van der Waals surface area contributed by atoms with Crippen LogP contribution in [0.2, 0.25) is 0 Å². The normalized spacial score (nSPS) is 18.2. The lowest BCUT2D eigenvalue weighted by Gasteiger charge is -2.43. The molecule has 1 aliphatic carbocycles. The molecule has 1 atom stereocenters. The van der Waals surface area contributed by atoms with Crippen LogP contribution in [0, 0.1) is 5.92 Å². The highest BCUT2D eigenvalue weighted by atomic mass is 16.3. The summed E-state index contributed by atoms with van der Waals surface area (Å²) in [5.74, 6) is 5.36. The predicted molar refractivity (Wildman–Crippen MR) is 67.0 cm³/mol. The molecule has 0 spiro atoms. The van der Waals surface area contributed by atoms with Crippen LogP contribution >= 0.6 is 0 Å². The second-order valence-corrected chi connectivity index (χ2v) is 5.10. The molecular formula is C12H25N3O2. The highest BCUT2D eigenvalue weighted by molar-refractivity contribution is 5.81. The Morgan fingerprint density at radius 1 is 1.53 bits per heavy atom. The Morgan fingerprint density at radius 3 is 2.53 bits per heavy atom. The second kappa shape index (κ2) is 6.93. The van der Waals surface area contributed by atoms with E-state index < -0.39 is 0 Å². The van der Waals surface area contributed by atoms with Gasteiger partial charge in [-0.3, -0.25) is 15.1 Å². The van der Waals surface area contributed by atoms with Gasteiger partial charge in [-0.1, -0.05) is 20.3 Å². The maximum atomic E-state index is 11.9. The third-order valence-corrected chi connectivity index (χ3v) is 3.52. The molecule has 17 heavy (non-hydrogen) atoms. The van der Waals surface area contributed by atoms with Crippen molar-refractivity contribution in [2.24, 2.45) is 11.8 Å². The van der Waals surface area contributed by atoms with E-state index in [0.717, 1.165) is 19.4 Å². The molecule has 0 aromatic carbocycles. The van der Waals surface area contributed by atoms with Crippen LogP contribution in [0.3, 0.4) is 0 Å². The molecule has 5 heteroatoms. The maximum absolute atomic E-state index is 11.9. The quantitative estimate of drug-likeness (QED) is 0.340. The summed E-state index contributed by atoms with van der Waals surface area (Å²) >= 11 is 0. The average molecular weight is 243 g/mol. The van der Waals surface area contributed by atoms with Crippen molar-refractivity contribution in [1.29, 1.82) is 0 Å². The lowest BCUT2D eigenvalue weighted by molar-refractivity contribution is -0.130. The molecule has 0 radical (unpaired) electrons. The van der Waals surface area contributed by atoms with Gasteiger partial charge in [0, 0.05) is 19.2 Å². The second-order valence-electron chi connectivity index (χ2n) is 5.10. The van der Waals surface area contributed by atoms with Gasteiger partial charge in [0.25, 0.3) is 5.91 Å². The molecule has 0 bridgehead atoms. The fraction of sp³-hybridized carbons (Fsp3) is 0.917. The van der Waals surface area contributed by atoms with E-state index in [2.05, 4.69) is 10.3 Å². The lowest BCUT2D eigenvalue weighted by atomic mass is 9.88. The molecule has 100 valence electrons. The topological polar surface area (TPSA) is 78.6 Å². The largest absolute Gasteiger partial charge is 0.396 e. The summed E-state index contributed by atoms with van der Waals surface area (Å²) in [6.45, 7) is 4.99. The number of rotatable bonds is 7. The summed E-state index contributed by atoms with van der Waals surface area (Å²) in [6.07, 6.45) is 4.23. The van der Waals surface area contributed by atoms with Gasteiger partial charge in [0.1, 0.15) is 0 Å². The first-order chi connectivity index (χ1) is 8.11. The van der Waals surface area contributed by atoms with Crippen LogP contribution in [0.25, 0.3) is 0 Å². The predicted octanol–water partition coefficient (Wildman–Crippen LogP) is 0.238. The van der Waals surface area contributed by atoms with Crippen LogP contribution in [0.4, 0.5) is 0 Å². The molecule has 1 unspecified atom stereocenters. The SMILES string of the molecule is CC(C)C(C(=O)NN)N(CCCO)C1CCC1. The Bertz CT molecular complexity index is 242. The average Bonchev–Trinajstić information content (AvgIpc) is 2.22. The zero-order valence-electron chi connectivity index (χ0n) is 10.9. The Morgan fingerprint density at radius 2 is 2.18 bits per heavy atom. The van der Waals surface area contributed by atoms with Crippen LogP contribution in [0.15, 0.2) is 0 Å². The molecule has 1 rings (SSSR count). The van der Waals surface area contributed by atoms with Gasteiger partial charge >= 0.3 is 0 Å². The molecule has 1 fully saturated rings. The van der Waals surface area contributed by atoms with E-state index in [-0.39, 0.29) is 24.5 Å². The van der Waals surface area contributed by atoms with Gasteiger partial charge in [-0.15, -0.1) is 0 Å². The summed E-state index contributed by atoms with van der Waals surface area (Å²) in [6, 6.07) is 0.295. The third-order valence-electron chi connectivity index (χ3n) is 3.52. The smallest absolute Gasteiger partial charge is 0.251 e. The highest BCUT2D eigenvalue weighted by Crippen LogP contribution is 2.28. The van der Waals surface area contributed by atoms with Crippen LogP contribution in [0.1, 0.15) is 39.5 Å². The van der Waals surface area contributed by atoms with Gasteiger partial charge in [0.15, 0.2) is 0 Å². The van der Waals surface area contributed by atoms with E-state index in [1.807, 2.05) is 13.8 Å². The molecule has 1 saturated carbocycles. The minimum atomic E-state index is -0.183. The standard InChI is InChI=1S/C12H25N3O2/c1-9(2)11(12(17)14-13)15(7-4-8-16)10-5-3-6-10/h9-11,16H,3-8,13H2,1-2H3,(H,14,17). The van der Waals surface area contributed by atoms with Crippen LogP contribution in [0.5, 0.6) is 0 Å². The van der Waals surface area contributed by atoms with Gasteiger partial charge in [0.2, 0.25) is 0 Å². The first kappa shape index (κ1) is 14.4. The van der Waals surface area contributed by atoms with Gasteiger partial charge in [-0.2, -0.15) is 0 Å². The van der Waals surface area contributed by atoms with Gasteiger partial charge < -0.3 is 5.11 Å². The van der Waals surface area contributed by atoms with Gasteiger partial charge in [0.05, 0.1) is 6.04 Å². The third kappa shape index (κ3) is 3.66. The summed E-state index contributed by atoms with van der Waals surface area (Å²) in [7, 11) is 0. The summed E-state index contributed by atoms with van der Waals surface area (Å²) in [5, 5.41) is 8.95. The molecule has 4 N–H and O–H groups in total. The van der Waals surface area contributed by atoms with Crippen LogP contribution in [-0.4, -0.2) is 41.1 Å². The first-order valence-electron chi connectivity index (χ1n) is 6.48. The number of aliphatic hydroxyl groups is 1. The van der Waals surface area contributed by atoms with Crippen molar-refractivity contribution in [3.8, 4) is 0 Å². The summed E-state index contributed by atoms with van der Waals surface area (Å²) in [5.41, 5.74) is 2.26. The number of hydrazine groups is 1. The van der Waals surface area contributed by atoms with E-state index in [4.69, 9.17) is 10.9 Å². The van der Waals surface area contributed by atoms with Gasteiger partial charge in [-0.05, 0) is 25.2 Å². The van der Waals surface area contributed by atoms with Crippen molar-refractivity contribution in [2.75, 3.05) is 13.2 Å². The Labute approximate surface area is 103 Å². The van der Waals surface area contributed by atoms with Crippen molar-refractivity contribution in [2.45, 2.75) is 51.6 Å². The Kier molecular flexibility index (Phi) is 5.88. The van der Waals surface area contributed by atoms with E-state index in [1.165, 1.54) is 6.42 Å². The Balaban J connectivity index is 2.71. The molecule has 0 aromatic rings. The zero-order chi connectivity index (χ0) is 12.8. The molecule has 0 heterocycles. The number of amides is 1. The minimum Gasteiger partial charge on any atom is -0.396 e. The summed E-state index contributed by atoms with van der Waals surface area (Å²) in [4.78, 5) is 14.1. The van der Waals surface area contributed by atoms with E-state index in [0.29, 0.717) is 12.5 Å². The fourth-order valence-corrected chi connectivity index (χ4v) is 2.44. The molecule has 1 amide bonds. The number of aliphatic hydroxyl groups excluding tert-OH is 1. The van der Waals surface area contributed by atoms with Crippen molar-refractivity contribution >= 4 is 5.91 Å². The molecule has 5 nitrogen and oxygen atoms in total. The van der Waals surface area contributed by atoms with E-state index in [9.17, 15) is 4.79 Å². The number of hydrogen-bond donors (Lipinski definition) is 3. The maximum Gasteiger partial charge on any atom is 0.251 e. The molecule has 0 aliphatic heterocycles. The highest BCUT2D eigenvalue weighted by Gasteiger charge is 2.35. The Hall–Kier alpha value is -0.650. The molecular weight excluding hydrogens is 218 g/mol. The molecule has 0 saturated heterocycles.